The molecule has 0 rings (SSSR count). The van der Waals surface area contributed by atoms with Crippen molar-refractivity contribution in [2.75, 3.05) is 18.6 Å². The Morgan fingerprint density at radius 2 is 1.50 bits per heavy atom. The number of carboxylic acids is 2. The summed E-state index contributed by atoms with van der Waals surface area (Å²) in [7, 11) is 0. The number of aliphatic hydroxyl groups excluding tert-OH is 1. The van der Waals surface area contributed by atoms with E-state index in [9.17, 15) is 29.1 Å². The topological polar surface area (TPSA) is 208 Å². The highest BCUT2D eigenvalue weighted by Gasteiger charge is 2.32. The minimum atomic E-state index is -1.55. The normalized spacial score (nSPS) is 14.9. The van der Waals surface area contributed by atoms with Crippen molar-refractivity contribution in [3.05, 3.63) is 0 Å². The van der Waals surface area contributed by atoms with Gasteiger partial charge in [0.2, 0.25) is 17.7 Å². The van der Waals surface area contributed by atoms with Gasteiger partial charge in [-0.1, -0.05) is 13.8 Å². The summed E-state index contributed by atoms with van der Waals surface area (Å²) in [5.74, 6) is -5.23. The van der Waals surface area contributed by atoms with Gasteiger partial charge in [-0.15, -0.1) is 0 Å². The Hall–Kier alpha value is -2.38. The molecule has 0 bridgehead atoms. The van der Waals surface area contributed by atoms with Gasteiger partial charge in [0.05, 0.1) is 13.0 Å². The monoisotopic (exact) mass is 450 g/mol. The Morgan fingerprint density at radius 3 is 1.93 bits per heavy atom. The van der Waals surface area contributed by atoms with Crippen molar-refractivity contribution >= 4 is 41.4 Å². The standard InChI is InChI=1S/C17H30N4O8S/c1-8(2)13(16(27)19-10(17(28)29)4-5-30-3)21-15(26)11(6-12(23)24)20-14(25)9(18)7-22/h8-11,13,22H,4-7,18H2,1-3H3,(H,19,27)(H,20,25)(H,21,26)(H,23,24)(H,28,29)/t9-,10-,11-,13-/m0/s1. The van der Waals surface area contributed by atoms with E-state index in [1.54, 1.807) is 20.1 Å². The lowest BCUT2D eigenvalue weighted by molar-refractivity contribution is -0.143. The van der Waals surface area contributed by atoms with Crippen LogP contribution < -0.4 is 21.7 Å². The molecule has 172 valence electrons. The first-order valence-electron chi connectivity index (χ1n) is 9.15. The summed E-state index contributed by atoms with van der Waals surface area (Å²) in [6.45, 7) is 2.50. The van der Waals surface area contributed by atoms with Gasteiger partial charge < -0.3 is 37.0 Å². The number of aliphatic carboxylic acids is 2. The number of carbonyl (C=O) groups excluding carboxylic acids is 3. The Kier molecular flexibility index (Phi) is 12.7. The van der Waals surface area contributed by atoms with Crippen molar-refractivity contribution in [3.8, 4) is 0 Å². The van der Waals surface area contributed by atoms with Gasteiger partial charge in [-0.2, -0.15) is 11.8 Å². The molecule has 0 aliphatic heterocycles. The molecule has 0 spiro atoms. The second kappa shape index (κ2) is 13.8. The molecule has 0 aliphatic carbocycles. The third-order valence-electron chi connectivity index (χ3n) is 4.02. The summed E-state index contributed by atoms with van der Waals surface area (Å²) >= 11 is 1.41. The Balaban J connectivity index is 5.35. The SMILES string of the molecule is CSCC[C@H](NC(=O)[C@@H](NC(=O)[C@H](CC(=O)O)NC(=O)[C@@H](N)CO)C(C)C)C(=O)O. The molecule has 30 heavy (non-hydrogen) atoms. The fourth-order valence-electron chi connectivity index (χ4n) is 2.29. The third-order valence-corrected chi connectivity index (χ3v) is 4.66. The number of amides is 3. The van der Waals surface area contributed by atoms with Crippen molar-refractivity contribution < 1.29 is 39.3 Å². The van der Waals surface area contributed by atoms with E-state index in [1.165, 1.54) is 11.8 Å². The second-order valence-electron chi connectivity index (χ2n) is 6.86. The maximum Gasteiger partial charge on any atom is 0.326 e. The molecule has 4 atom stereocenters. The molecule has 0 unspecified atom stereocenters. The van der Waals surface area contributed by atoms with E-state index in [1.807, 2.05) is 0 Å². The highest BCUT2D eigenvalue weighted by Crippen LogP contribution is 2.07. The molecule has 12 nitrogen and oxygen atoms in total. The van der Waals surface area contributed by atoms with E-state index >= 15 is 0 Å². The number of hydrogen-bond acceptors (Lipinski definition) is 8. The first-order chi connectivity index (χ1) is 13.9. The van der Waals surface area contributed by atoms with Crippen LogP contribution in [-0.2, 0) is 24.0 Å². The van der Waals surface area contributed by atoms with Crippen molar-refractivity contribution in [1.82, 2.24) is 16.0 Å². The van der Waals surface area contributed by atoms with E-state index in [2.05, 4.69) is 16.0 Å². The first-order valence-corrected chi connectivity index (χ1v) is 10.5. The maximum atomic E-state index is 12.6. The Bertz CT molecular complexity index is 631. The second-order valence-corrected chi connectivity index (χ2v) is 7.84. The van der Waals surface area contributed by atoms with Crippen molar-refractivity contribution in [2.45, 2.75) is 50.9 Å². The summed E-state index contributed by atoms with van der Waals surface area (Å²) in [4.78, 5) is 59.3. The quantitative estimate of drug-likeness (QED) is 0.151. The van der Waals surface area contributed by atoms with Gasteiger partial charge in [0.1, 0.15) is 24.2 Å². The number of hydrogen-bond donors (Lipinski definition) is 7. The van der Waals surface area contributed by atoms with Crippen LogP contribution in [0.15, 0.2) is 0 Å². The van der Waals surface area contributed by atoms with E-state index in [0.29, 0.717) is 5.75 Å². The van der Waals surface area contributed by atoms with E-state index in [-0.39, 0.29) is 6.42 Å². The van der Waals surface area contributed by atoms with Gasteiger partial charge in [-0.3, -0.25) is 19.2 Å². The summed E-state index contributed by atoms with van der Waals surface area (Å²) in [5, 5.41) is 34.0. The van der Waals surface area contributed by atoms with Crippen molar-refractivity contribution in [3.63, 3.8) is 0 Å². The number of carboxylic acid groups (broad SMARTS) is 2. The minimum Gasteiger partial charge on any atom is -0.481 e. The fraction of sp³-hybridized carbons (Fsp3) is 0.706. The highest BCUT2D eigenvalue weighted by molar-refractivity contribution is 7.98. The number of thioether (sulfide) groups is 1. The van der Waals surface area contributed by atoms with Gasteiger partial charge >= 0.3 is 11.9 Å². The number of rotatable bonds is 14. The summed E-state index contributed by atoms with van der Waals surface area (Å²) in [6, 6.07) is -5.23. The maximum absolute atomic E-state index is 12.6. The van der Waals surface area contributed by atoms with Gasteiger partial charge in [-0.05, 0) is 24.3 Å². The predicted molar refractivity (Wildman–Crippen MR) is 109 cm³/mol. The molecule has 0 aromatic carbocycles. The molecule has 0 saturated heterocycles. The zero-order chi connectivity index (χ0) is 23.4. The molecule has 0 heterocycles. The average Bonchev–Trinajstić information content (AvgIpc) is 2.66. The molecule has 0 radical (unpaired) electrons. The molecule has 0 fully saturated rings. The van der Waals surface area contributed by atoms with E-state index in [4.69, 9.17) is 15.9 Å². The summed E-state index contributed by atoms with van der Waals surface area (Å²) in [5.41, 5.74) is 5.35. The van der Waals surface area contributed by atoms with Crippen LogP contribution in [0.4, 0.5) is 0 Å². The van der Waals surface area contributed by atoms with Crippen LogP contribution in [0.3, 0.4) is 0 Å². The molecule has 0 saturated carbocycles. The number of nitrogens with one attached hydrogen (secondary N) is 3. The van der Waals surface area contributed by atoms with Crippen LogP contribution in [0.1, 0.15) is 26.7 Å². The van der Waals surface area contributed by atoms with Crippen LogP contribution in [0.25, 0.3) is 0 Å². The number of aliphatic hydroxyl groups is 1. The average molecular weight is 451 g/mol. The number of carbonyl (C=O) groups is 5. The van der Waals surface area contributed by atoms with Crippen LogP contribution in [-0.4, -0.2) is 87.8 Å². The molecular weight excluding hydrogens is 420 g/mol. The minimum absolute atomic E-state index is 0.178. The number of nitrogens with two attached hydrogens (primary N) is 1. The predicted octanol–water partition coefficient (Wildman–Crippen LogP) is -2.27. The van der Waals surface area contributed by atoms with Gasteiger partial charge in [0.25, 0.3) is 0 Å². The Labute approximate surface area is 178 Å². The zero-order valence-corrected chi connectivity index (χ0v) is 17.9. The van der Waals surface area contributed by atoms with E-state index < -0.39 is 72.8 Å². The molecule has 0 aromatic heterocycles. The van der Waals surface area contributed by atoms with Crippen molar-refractivity contribution in [2.24, 2.45) is 11.7 Å². The lowest BCUT2D eigenvalue weighted by Gasteiger charge is -2.26. The molecule has 3 amide bonds. The molecule has 0 aliphatic rings. The third kappa shape index (κ3) is 9.89. The largest absolute Gasteiger partial charge is 0.481 e. The summed E-state index contributed by atoms with van der Waals surface area (Å²) in [6.07, 6.45) is 1.18. The lowest BCUT2D eigenvalue weighted by atomic mass is 10.0. The summed E-state index contributed by atoms with van der Waals surface area (Å²) < 4.78 is 0. The zero-order valence-electron chi connectivity index (χ0n) is 17.1. The molecule has 0 aromatic rings. The molecule has 8 N–H and O–H groups in total. The van der Waals surface area contributed by atoms with Gasteiger partial charge in [0, 0.05) is 0 Å². The van der Waals surface area contributed by atoms with Crippen molar-refractivity contribution in [1.29, 1.82) is 0 Å². The van der Waals surface area contributed by atoms with Crippen LogP contribution in [0, 0.1) is 5.92 Å². The highest BCUT2D eigenvalue weighted by atomic mass is 32.2. The van der Waals surface area contributed by atoms with Gasteiger partial charge in [0.15, 0.2) is 0 Å². The lowest BCUT2D eigenvalue weighted by Crippen LogP contribution is -2.59. The Morgan fingerprint density at radius 1 is 0.933 bits per heavy atom. The van der Waals surface area contributed by atoms with E-state index in [0.717, 1.165) is 0 Å². The molecule has 13 heteroatoms. The van der Waals surface area contributed by atoms with Gasteiger partial charge in [-0.25, -0.2) is 4.79 Å². The smallest absolute Gasteiger partial charge is 0.326 e. The van der Waals surface area contributed by atoms with Crippen LogP contribution in [0.2, 0.25) is 0 Å². The van der Waals surface area contributed by atoms with Crippen LogP contribution >= 0.6 is 11.8 Å². The molecular formula is C17H30N4O8S. The fourth-order valence-corrected chi connectivity index (χ4v) is 2.76. The van der Waals surface area contributed by atoms with Crippen LogP contribution in [0.5, 0.6) is 0 Å². The first kappa shape index (κ1) is 27.6.